The van der Waals surface area contributed by atoms with E-state index in [0.717, 1.165) is 0 Å². The first-order chi connectivity index (χ1) is 5.22. The van der Waals surface area contributed by atoms with Gasteiger partial charge in [0.05, 0.1) is 10.5 Å². The standard InChI is InChI=1S/C7H5FNO2/c8-7(9(10)11)6-4-2-1-3-5-6/h1-5H. The molecule has 11 heavy (non-hydrogen) atoms. The minimum atomic E-state index is -1.31. The summed E-state index contributed by atoms with van der Waals surface area (Å²) in [6, 6.07) is 7.43. The molecule has 0 heterocycles. The summed E-state index contributed by atoms with van der Waals surface area (Å²) in [5.41, 5.74) is -0.00231. The normalized spacial score (nSPS) is 10.0. The molecule has 0 saturated heterocycles. The number of halogens is 1. The van der Waals surface area contributed by atoms with Crippen LogP contribution in [0.15, 0.2) is 30.3 Å². The maximum atomic E-state index is 12.5. The van der Waals surface area contributed by atoms with Gasteiger partial charge in [-0.3, -0.25) is 10.1 Å². The Morgan fingerprint density at radius 3 is 2.36 bits per heavy atom. The number of rotatable bonds is 2. The third-order valence-electron chi connectivity index (χ3n) is 1.17. The van der Waals surface area contributed by atoms with Gasteiger partial charge in [0.1, 0.15) is 0 Å². The average Bonchev–Trinajstić information content (AvgIpc) is 2.05. The van der Waals surface area contributed by atoms with Crippen molar-refractivity contribution in [2.24, 2.45) is 0 Å². The third kappa shape index (κ3) is 1.73. The lowest BCUT2D eigenvalue weighted by Gasteiger charge is -1.94. The van der Waals surface area contributed by atoms with Crippen LogP contribution in [0, 0.1) is 16.4 Å². The van der Waals surface area contributed by atoms with Crippen LogP contribution in [0.25, 0.3) is 0 Å². The molecule has 0 saturated carbocycles. The predicted octanol–water partition coefficient (Wildman–Crippen LogP) is 1.77. The summed E-state index contributed by atoms with van der Waals surface area (Å²) in [7, 11) is 0. The Balaban J connectivity index is 2.85. The van der Waals surface area contributed by atoms with Crippen LogP contribution in [-0.4, -0.2) is 4.92 Å². The van der Waals surface area contributed by atoms with Crippen molar-refractivity contribution in [2.75, 3.05) is 0 Å². The molecule has 57 valence electrons. The average molecular weight is 154 g/mol. The van der Waals surface area contributed by atoms with Crippen molar-refractivity contribution in [3.05, 3.63) is 52.3 Å². The summed E-state index contributed by atoms with van der Waals surface area (Å²) in [6.07, 6.45) is -1.31. The van der Waals surface area contributed by atoms with Crippen LogP contribution in [0.3, 0.4) is 0 Å². The SMILES string of the molecule is O=[N+]([O-])[C](F)c1ccccc1. The summed E-state index contributed by atoms with van der Waals surface area (Å²) in [6.45, 7) is 0. The molecular formula is C7H5FNO2. The van der Waals surface area contributed by atoms with E-state index in [4.69, 9.17) is 0 Å². The molecule has 0 N–H and O–H groups in total. The Labute approximate surface area is 62.6 Å². The zero-order valence-electron chi connectivity index (χ0n) is 5.53. The van der Waals surface area contributed by atoms with Crippen LogP contribution in [0.2, 0.25) is 0 Å². The smallest absolute Gasteiger partial charge is 0.261 e. The first kappa shape index (κ1) is 7.65. The lowest BCUT2D eigenvalue weighted by Crippen LogP contribution is -2.04. The quantitative estimate of drug-likeness (QED) is 0.370. The Morgan fingerprint density at radius 1 is 1.36 bits per heavy atom. The van der Waals surface area contributed by atoms with Gasteiger partial charge in [0.15, 0.2) is 0 Å². The van der Waals surface area contributed by atoms with Crippen molar-refractivity contribution in [1.82, 2.24) is 0 Å². The van der Waals surface area contributed by atoms with Crippen molar-refractivity contribution in [1.29, 1.82) is 0 Å². The van der Waals surface area contributed by atoms with Gasteiger partial charge in [-0.25, -0.2) is 0 Å². The third-order valence-corrected chi connectivity index (χ3v) is 1.17. The fourth-order valence-electron chi connectivity index (χ4n) is 0.681. The van der Waals surface area contributed by atoms with E-state index in [1.165, 1.54) is 12.1 Å². The number of nitro groups is 1. The fourth-order valence-corrected chi connectivity index (χ4v) is 0.681. The highest BCUT2D eigenvalue weighted by molar-refractivity contribution is 5.22. The van der Waals surface area contributed by atoms with Gasteiger partial charge in [-0.1, -0.05) is 18.2 Å². The van der Waals surface area contributed by atoms with E-state index in [1.807, 2.05) is 0 Å². The molecule has 1 aromatic rings. The lowest BCUT2D eigenvalue weighted by molar-refractivity contribution is -0.483. The highest BCUT2D eigenvalue weighted by atomic mass is 19.1. The van der Waals surface area contributed by atoms with Gasteiger partial charge >= 0.3 is 6.30 Å². The largest absolute Gasteiger partial charge is 0.489 e. The second-order valence-corrected chi connectivity index (χ2v) is 1.91. The van der Waals surface area contributed by atoms with Crippen LogP contribution in [0.5, 0.6) is 0 Å². The van der Waals surface area contributed by atoms with Crippen molar-refractivity contribution >= 4 is 0 Å². The van der Waals surface area contributed by atoms with E-state index in [1.54, 1.807) is 18.2 Å². The maximum Gasteiger partial charge on any atom is 0.489 e. The first-order valence-corrected chi connectivity index (χ1v) is 2.94. The second kappa shape index (κ2) is 3.09. The molecule has 0 fully saturated rings. The zero-order chi connectivity index (χ0) is 8.27. The van der Waals surface area contributed by atoms with E-state index >= 15 is 0 Å². The molecule has 0 aliphatic heterocycles. The molecule has 0 unspecified atom stereocenters. The summed E-state index contributed by atoms with van der Waals surface area (Å²) >= 11 is 0. The summed E-state index contributed by atoms with van der Waals surface area (Å²) in [4.78, 5) is 8.85. The van der Waals surface area contributed by atoms with Gasteiger partial charge in [-0.15, -0.1) is 0 Å². The number of benzene rings is 1. The van der Waals surface area contributed by atoms with Gasteiger partial charge in [0.25, 0.3) is 0 Å². The molecule has 0 amide bonds. The fraction of sp³-hybridized carbons (Fsp3) is 0. The molecule has 0 aromatic heterocycles. The molecule has 0 bridgehead atoms. The topological polar surface area (TPSA) is 43.1 Å². The second-order valence-electron chi connectivity index (χ2n) is 1.91. The molecule has 0 aliphatic carbocycles. The maximum absolute atomic E-state index is 12.5. The predicted molar refractivity (Wildman–Crippen MR) is 36.9 cm³/mol. The van der Waals surface area contributed by atoms with Crippen LogP contribution < -0.4 is 0 Å². The molecule has 0 spiro atoms. The van der Waals surface area contributed by atoms with E-state index in [-0.39, 0.29) is 5.56 Å². The number of hydrogen-bond acceptors (Lipinski definition) is 2. The minimum absolute atomic E-state index is 0.00231. The van der Waals surface area contributed by atoms with E-state index in [9.17, 15) is 14.5 Å². The van der Waals surface area contributed by atoms with Crippen molar-refractivity contribution in [3.63, 3.8) is 0 Å². The summed E-state index contributed by atoms with van der Waals surface area (Å²) < 4.78 is 12.5. The lowest BCUT2D eigenvalue weighted by atomic mass is 10.2. The number of nitrogens with zero attached hydrogens (tertiary/aromatic N) is 1. The number of hydrogen-bond donors (Lipinski definition) is 0. The van der Waals surface area contributed by atoms with Crippen molar-refractivity contribution < 1.29 is 9.31 Å². The summed E-state index contributed by atoms with van der Waals surface area (Å²) in [5, 5.41) is 9.89. The van der Waals surface area contributed by atoms with Crippen molar-refractivity contribution in [3.8, 4) is 0 Å². The molecule has 4 heteroatoms. The Bertz CT molecular complexity index is 250. The van der Waals surface area contributed by atoms with Gasteiger partial charge in [-0.2, -0.15) is 4.39 Å². The Kier molecular flexibility index (Phi) is 2.15. The highest BCUT2D eigenvalue weighted by Gasteiger charge is 2.24. The molecule has 0 atom stereocenters. The van der Waals surface area contributed by atoms with Gasteiger partial charge < -0.3 is 0 Å². The van der Waals surface area contributed by atoms with E-state index in [2.05, 4.69) is 0 Å². The van der Waals surface area contributed by atoms with Crippen LogP contribution >= 0.6 is 0 Å². The van der Waals surface area contributed by atoms with Crippen LogP contribution in [0.1, 0.15) is 5.56 Å². The zero-order valence-corrected chi connectivity index (χ0v) is 5.53. The first-order valence-electron chi connectivity index (χ1n) is 2.94. The monoisotopic (exact) mass is 154 g/mol. The van der Waals surface area contributed by atoms with Crippen LogP contribution in [0.4, 0.5) is 4.39 Å². The molecule has 1 rings (SSSR count). The Hall–Kier alpha value is -1.45. The van der Waals surface area contributed by atoms with Gasteiger partial charge in [0.2, 0.25) is 0 Å². The van der Waals surface area contributed by atoms with Gasteiger partial charge in [0, 0.05) is 0 Å². The van der Waals surface area contributed by atoms with E-state index in [0.29, 0.717) is 0 Å². The molecule has 3 nitrogen and oxygen atoms in total. The van der Waals surface area contributed by atoms with Crippen molar-refractivity contribution in [2.45, 2.75) is 0 Å². The van der Waals surface area contributed by atoms with Crippen LogP contribution in [-0.2, 0) is 0 Å². The van der Waals surface area contributed by atoms with Gasteiger partial charge in [-0.05, 0) is 12.1 Å². The molecule has 0 aliphatic rings. The molecule has 1 radical (unpaired) electrons. The highest BCUT2D eigenvalue weighted by Crippen LogP contribution is 2.15. The summed E-state index contributed by atoms with van der Waals surface area (Å²) in [5.74, 6) is 0. The minimum Gasteiger partial charge on any atom is -0.261 e. The molecular weight excluding hydrogens is 149 g/mol. The molecule has 1 aromatic carbocycles. The van der Waals surface area contributed by atoms with E-state index < -0.39 is 11.2 Å². The Morgan fingerprint density at radius 2 is 1.91 bits per heavy atom.